The van der Waals surface area contributed by atoms with Gasteiger partial charge in [0.15, 0.2) is 0 Å². The molecule has 1 aliphatic heterocycles. The van der Waals surface area contributed by atoms with E-state index >= 15 is 0 Å². The number of carbonyl (C=O) groups is 1. The number of fused-ring (bicyclic) bond motifs is 1. The van der Waals surface area contributed by atoms with Gasteiger partial charge < -0.3 is 10.1 Å². The number of amides is 1. The van der Waals surface area contributed by atoms with Crippen LogP contribution >= 0.6 is 0 Å². The summed E-state index contributed by atoms with van der Waals surface area (Å²) < 4.78 is 5.08. The predicted octanol–water partition coefficient (Wildman–Crippen LogP) is 3.25. The SMILES string of the molecule is CC(C)COC(=O)Nc1ccc2c(c1)NCCC2. The molecule has 0 fully saturated rings. The summed E-state index contributed by atoms with van der Waals surface area (Å²) in [5.74, 6) is 0.348. The Morgan fingerprint density at radius 2 is 2.33 bits per heavy atom. The van der Waals surface area contributed by atoms with E-state index < -0.39 is 0 Å². The zero-order valence-corrected chi connectivity index (χ0v) is 11.0. The molecule has 0 radical (unpaired) electrons. The molecule has 0 aromatic heterocycles. The van der Waals surface area contributed by atoms with Crippen molar-refractivity contribution in [2.24, 2.45) is 5.92 Å². The third-order valence-electron chi connectivity index (χ3n) is 2.84. The molecular weight excluding hydrogens is 228 g/mol. The smallest absolute Gasteiger partial charge is 0.411 e. The number of nitrogens with one attached hydrogen (secondary N) is 2. The van der Waals surface area contributed by atoms with Crippen LogP contribution in [0.3, 0.4) is 0 Å². The number of carbonyl (C=O) groups excluding carboxylic acids is 1. The number of aryl methyl sites for hydroxylation is 1. The molecule has 18 heavy (non-hydrogen) atoms. The van der Waals surface area contributed by atoms with Crippen LogP contribution in [-0.4, -0.2) is 19.2 Å². The zero-order valence-electron chi connectivity index (χ0n) is 11.0. The summed E-state index contributed by atoms with van der Waals surface area (Å²) in [5, 5.41) is 6.08. The minimum Gasteiger partial charge on any atom is -0.449 e. The largest absolute Gasteiger partial charge is 0.449 e. The first kappa shape index (κ1) is 12.7. The van der Waals surface area contributed by atoms with Gasteiger partial charge >= 0.3 is 6.09 Å². The first-order valence-electron chi connectivity index (χ1n) is 6.46. The van der Waals surface area contributed by atoms with E-state index in [1.807, 2.05) is 26.0 Å². The van der Waals surface area contributed by atoms with Crippen LogP contribution in [0.25, 0.3) is 0 Å². The molecule has 1 heterocycles. The third kappa shape index (κ3) is 3.39. The summed E-state index contributed by atoms with van der Waals surface area (Å²) in [4.78, 5) is 11.5. The maximum atomic E-state index is 11.5. The van der Waals surface area contributed by atoms with Crippen LogP contribution in [0, 0.1) is 5.92 Å². The standard InChI is InChI=1S/C14H20N2O2/c1-10(2)9-18-14(17)16-12-6-5-11-4-3-7-15-13(11)8-12/h5-6,8,10,15H,3-4,7,9H2,1-2H3,(H,16,17). The monoisotopic (exact) mass is 248 g/mol. The molecule has 0 aliphatic carbocycles. The molecule has 0 spiro atoms. The highest BCUT2D eigenvalue weighted by atomic mass is 16.5. The lowest BCUT2D eigenvalue weighted by Crippen LogP contribution is -2.17. The molecule has 98 valence electrons. The first-order chi connectivity index (χ1) is 8.65. The normalized spacial score (nSPS) is 13.7. The molecule has 0 unspecified atom stereocenters. The van der Waals surface area contributed by atoms with Gasteiger partial charge in [-0.2, -0.15) is 0 Å². The number of benzene rings is 1. The minimum atomic E-state index is -0.389. The number of ether oxygens (including phenoxy) is 1. The van der Waals surface area contributed by atoms with Crippen LogP contribution in [0.15, 0.2) is 18.2 Å². The Labute approximate surface area is 108 Å². The van der Waals surface area contributed by atoms with Crippen molar-refractivity contribution in [1.29, 1.82) is 0 Å². The number of anilines is 2. The second-order valence-electron chi connectivity index (χ2n) is 5.02. The molecule has 1 aromatic rings. The highest BCUT2D eigenvalue weighted by Gasteiger charge is 2.10. The Morgan fingerprint density at radius 3 is 3.11 bits per heavy atom. The van der Waals surface area contributed by atoms with Gasteiger partial charge in [0.2, 0.25) is 0 Å². The molecule has 1 aromatic carbocycles. The van der Waals surface area contributed by atoms with Crippen molar-refractivity contribution >= 4 is 17.5 Å². The summed E-state index contributed by atoms with van der Waals surface area (Å²) in [5.41, 5.74) is 3.20. The summed E-state index contributed by atoms with van der Waals surface area (Å²) in [6.07, 6.45) is 1.87. The average Bonchev–Trinajstić information content (AvgIpc) is 2.36. The average molecular weight is 248 g/mol. The van der Waals surface area contributed by atoms with E-state index in [2.05, 4.69) is 16.7 Å². The van der Waals surface area contributed by atoms with Crippen LogP contribution in [-0.2, 0) is 11.2 Å². The molecule has 2 rings (SSSR count). The molecule has 1 amide bonds. The molecular formula is C14H20N2O2. The van der Waals surface area contributed by atoms with Crippen molar-refractivity contribution in [3.05, 3.63) is 23.8 Å². The van der Waals surface area contributed by atoms with Crippen molar-refractivity contribution in [1.82, 2.24) is 0 Å². The lowest BCUT2D eigenvalue weighted by Gasteiger charge is -2.18. The maximum absolute atomic E-state index is 11.5. The van der Waals surface area contributed by atoms with E-state index in [0.29, 0.717) is 12.5 Å². The Balaban J connectivity index is 1.95. The Morgan fingerprint density at radius 1 is 1.50 bits per heavy atom. The summed E-state index contributed by atoms with van der Waals surface area (Å²) in [7, 11) is 0. The predicted molar refractivity (Wildman–Crippen MR) is 73.1 cm³/mol. The van der Waals surface area contributed by atoms with E-state index in [9.17, 15) is 4.79 Å². The number of hydrogen-bond acceptors (Lipinski definition) is 3. The second-order valence-corrected chi connectivity index (χ2v) is 5.02. The van der Waals surface area contributed by atoms with Crippen LogP contribution in [0.2, 0.25) is 0 Å². The summed E-state index contributed by atoms with van der Waals surface area (Å²) >= 11 is 0. The van der Waals surface area contributed by atoms with Gasteiger partial charge in [-0.1, -0.05) is 19.9 Å². The molecule has 4 heteroatoms. The minimum absolute atomic E-state index is 0.348. The Bertz CT molecular complexity index is 430. The quantitative estimate of drug-likeness (QED) is 0.863. The molecule has 0 atom stereocenters. The molecule has 2 N–H and O–H groups in total. The highest BCUT2D eigenvalue weighted by Crippen LogP contribution is 2.25. The second kappa shape index (κ2) is 5.76. The highest BCUT2D eigenvalue weighted by molar-refractivity contribution is 5.85. The van der Waals surface area contributed by atoms with Gasteiger partial charge in [-0.3, -0.25) is 5.32 Å². The van der Waals surface area contributed by atoms with Gasteiger partial charge in [-0.15, -0.1) is 0 Å². The lowest BCUT2D eigenvalue weighted by atomic mass is 10.0. The fourth-order valence-electron chi connectivity index (χ4n) is 1.93. The van der Waals surface area contributed by atoms with Gasteiger partial charge in [0.25, 0.3) is 0 Å². The van der Waals surface area contributed by atoms with Crippen molar-refractivity contribution in [3.8, 4) is 0 Å². The van der Waals surface area contributed by atoms with Crippen molar-refractivity contribution < 1.29 is 9.53 Å². The maximum Gasteiger partial charge on any atom is 0.411 e. The lowest BCUT2D eigenvalue weighted by molar-refractivity contribution is 0.147. The van der Waals surface area contributed by atoms with Crippen LogP contribution in [0.4, 0.5) is 16.2 Å². The number of hydrogen-bond donors (Lipinski definition) is 2. The topological polar surface area (TPSA) is 50.4 Å². The van der Waals surface area contributed by atoms with E-state index in [1.54, 1.807) is 0 Å². The fraction of sp³-hybridized carbons (Fsp3) is 0.500. The molecule has 0 saturated carbocycles. The van der Waals surface area contributed by atoms with Gasteiger partial charge in [0, 0.05) is 17.9 Å². The van der Waals surface area contributed by atoms with E-state index in [4.69, 9.17) is 4.74 Å². The molecule has 0 bridgehead atoms. The Kier molecular flexibility index (Phi) is 4.07. The van der Waals surface area contributed by atoms with Gasteiger partial charge in [-0.25, -0.2) is 4.79 Å². The van der Waals surface area contributed by atoms with Crippen molar-refractivity contribution in [2.45, 2.75) is 26.7 Å². The molecule has 1 aliphatic rings. The Hall–Kier alpha value is -1.71. The fourth-order valence-corrected chi connectivity index (χ4v) is 1.93. The van der Waals surface area contributed by atoms with E-state index in [-0.39, 0.29) is 6.09 Å². The zero-order chi connectivity index (χ0) is 13.0. The van der Waals surface area contributed by atoms with Gasteiger partial charge in [-0.05, 0) is 36.5 Å². The van der Waals surface area contributed by atoms with Crippen LogP contribution in [0.5, 0.6) is 0 Å². The first-order valence-corrected chi connectivity index (χ1v) is 6.46. The van der Waals surface area contributed by atoms with E-state index in [0.717, 1.165) is 30.8 Å². The number of rotatable bonds is 3. The van der Waals surface area contributed by atoms with Crippen LogP contribution in [0.1, 0.15) is 25.8 Å². The molecule has 4 nitrogen and oxygen atoms in total. The summed E-state index contributed by atoms with van der Waals surface area (Å²) in [6, 6.07) is 5.94. The third-order valence-corrected chi connectivity index (χ3v) is 2.84. The summed E-state index contributed by atoms with van der Waals surface area (Å²) in [6.45, 7) is 5.45. The van der Waals surface area contributed by atoms with Crippen LogP contribution < -0.4 is 10.6 Å². The van der Waals surface area contributed by atoms with Crippen molar-refractivity contribution in [2.75, 3.05) is 23.8 Å². The van der Waals surface area contributed by atoms with Gasteiger partial charge in [0.05, 0.1) is 6.61 Å². The molecule has 0 saturated heterocycles. The van der Waals surface area contributed by atoms with E-state index in [1.165, 1.54) is 5.56 Å². The van der Waals surface area contributed by atoms with Gasteiger partial charge in [0.1, 0.15) is 0 Å². The van der Waals surface area contributed by atoms with Crippen molar-refractivity contribution in [3.63, 3.8) is 0 Å².